The lowest BCUT2D eigenvalue weighted by molar-refractivity contribution is -0.0279. The number of aromatic nitrogens is 1. The molecular weight excluding hydrogens is 238 g/mol. The second-order valence-electron chi connectivity index (χ2n) is 6.09. The molecular formula is C15H25N3O. The van der Waals surface area contributed by atoms with Gasteiger partial charge in [-0.1, -0.05) is 13.8 Å². The second-order valence-corrected chi connectivity index (χ2v) is 6.09. The van der Waals surface area contributed by atoms with Crippen LogP contribution in [0.2, 0.25) is 0 Å². The van der Waals surface area contributed by atoms with Crippen LogP contribution in [-0.2, 0) is 11.3 Å². The number of morpholine rings is 1. The molecule has 1 saturated heterocycles. The summed E-state index contributed by atoms with van der Waals surface area (Å²) in [6, 6.07) is 4.75. The van der Waals surface area contributed by atoms with Crippen LogP contribution in [0.25, 0.3) is 0 Å². The van der Waals surface area contributed by atoms with E-state index in [-0.39, 0.29) is 5.60 Å². The van der Waals surface area contributed by atoms with Gasteiger partial charge in [0, 0.05) is 31.9 Å². The van der Waals surface area contributed by atoms with E-state index in [1.54, 1.807) is 0 Å². The van der Waals surface area contributed by atoms with Crippen LogP contribution in [0.1, 0.15) is 33.3 Å². The van der Waals surface area contributed by atoms with Crippen molar-refractivity contribution < 1.29 is 4.74 Å². The van der Waals surface area contributed by atoms with Crippen LogP contribution >= 0.6 is 0 Å². The Bertz CT molecular complexity index is 418. The first kappa shape index (κ1) is 14.3. The lowest BCUT2D eigenvalue weighted by Crippen LogP contribution is -2.48. The average molecular weight is 263 g/mol. The molecule has 0 aromatic carbocycles. The van der Waals surface area contributed by atoms with E-state index in [0.717, 1.165) is 32.1 Å². The van der Waals surface area contributed by atoms with Gasteiger partial charge < -0.3 is 15.0 Å². The Kier molecular flexibility index (Phi) is 4.42. The highest BCUT2D eigenvalue weighted by molar-refractivity contribution is 5.42. The van der Waals surface area contributed by atoms with Crippen LogP contribution in [0.5, 0.6) is 0 Å². The van der Waals surface area contributed by atoms with Crippen LogP contribution in [0, 0.1) is 0 Å². The molecule has 0 radical (unpaired) electrons. The van der Waals surface area contributed by atoms with Gasteiger partial charge in [-0.3, -0.25) is 0 Å². The molecule has 0 unspecified atom stereocenters. The van der Waals surface area contributed by atoms with Gasteiger partial charge in [-0.25, -0.2) is 4.98 Å². The topological polar surface area (TPSA) is 37.4 Å². The van der Waals surface area contributed by atoms with Gasteiger partial charge in [0.05, 0.1) is 12.2 Å². The van der Waals surface area contributed by atoms with Crippen LogP contribution in [0.3, 0.4) is 0 Å². The molecule has 4 heteroatoms. The van der Waals surface area contributed by atoms with E-state index in [1.807, 2.05) is 6.20 Å². The largest absolute Gasteiger partial charge is 0.372 e. The highest BCUT2D eigenvalue weighted by Gasteiger charge is 2.27. The van der Waals surface area contributed by atoms with Crippen LogP contribution < -0.4 is 10.2 Å². The quantitative estimate of drug-likeness (QED) is 0.903. The third kappa shape index (κ3) is 4.18. The fourth-order valence-electron chi connectivity index (χ4n) is 2.28. The van der Waals surface area contributed by atoms with Gasteiger partial charge in [-0.15, -0.1) is 0 Å². The number of nitrogens with one attached hydrogen (secondary N) is 1. The summed E-state index contributed by atoms with van der Waals surface area (Å²) in [5, 5.41) is 3.44. The summed E-state index contributed by atoms with van der Waals surface area (Å²) in [6.07, 6.45) is 1.90. The molecule has 0 spiro atoms. The SMILES string of the molecule is CC(C)NCc1ccnc(N2CCOC(C)(C)C2)c1. The molecule has 1 fully saturated rings. The number of hydrogen-bond donors (Lipinski definition) is 1. The van der Waals surface area contributed by atoms with Gasteiger partial charge in [-0.05, 0) is 31.5 Å². The normalized spacial score (nSPS) is 18.9. The minimum absolute atomic E-state index is 0.0912. The summed E-state index contributed by atoms with van der Waals surface area (Å²) in [5.74, 6) is 1.06. The third-order valence-corrected chi connectivity index (χ3v) is 3.27. The van der Waals surface area contributed by atoms with Crippen molar-refractivity contribution in [3.8, 4) is 0 Å². The average Bonchev–Trinajstić information content (AvgIpc) is 2.35. The number of nitrogens with zero attached hydrogens (tertiary/aromatic N) is 2. The maximum absolute atomic E-state index is 5.74. The van der Waals surface area contributed by atoms with Crippen molar-refractivity contribution in [3.63, 3.8) is 0 Å². The molecule has 1 aromatic rings. The zero-order valence-electron chi connectivity index (χ0n) is 12.4. The van der Waals surface area contributed by atoms with Crippen molar-refractivity contribution in [2.75, 3.05) is 24.6 Å². The highest BCUT2D eigenvalue weighted by atomic mass is 16.5. The Labute approximate surface area is 116 Å². The summed E-state index contributed by atoms with van der Waals surface area (Å²) in [6.45, 7) is 12.0. The standard InChI is InChI=1S/C15H25N3O/c1-12(2)17-10-13-5-6-16-14(9-13)18-7-8-19-15(3,4)11-18/h5-6,9,12,17H,7-8,10-11H2,1-4H3. The minimum atomic E-state index is -0.0912. The molecule has 1 aliphatic rings. The Morgan fingerprint density at radius 2 is 2.26 bits per heavy atom. The first-order chi connectivity index (χ1) is 8.96. The van der Waals surface area contributed by atoms with Gasteiger partial charge in [0.1, 0.15) is 5.82 Å². The maximum atomic E-state index is 5.74. The number of ether oxygens (including phenoxy) is 1. The summed E-state index contributed by atoms with van der Waals surface area (Å²) in [5.41, 5.74) is 1.19. The van der Waals surface area contributed by atoms with E-state index in [1.165, 1.54) is 5.56 Å². The highest BCUT2D eigenvalue weighted by Crippen LogP contribution is 2.21. The monoisotopic (exact) mass is 263 g/mol. The van der Waals surface area contributed by atoms with Crippen molar-refractivity contribution in [1.82, 2.24) is 10.3 Å². The third-order valence-electron chi connectivity index (χ3n) is 3.27. The minimum Gasteiger partial charge on any atom is -0.372 e. The molecule has 106 valence electrons. The summed E-state index contributed by atoms with van der Waals surface area (Å²) < 4.78 is 5.74. The van der Waals surface area contributed by atoms with Gasteiger partial charge >= 0.3 is 0 Å². The van der Waals surface area contributed by atoms with Crippen molar-refractivity contribution >= 4 is 5.82 Å². The molecule has 19 heavy (non-hydrogen) atoms. The van der Waals surface area contributed by atoms with E-state index in [4.69, 9.17) is 4.74 Å². The number of hydrogen-bond acceptors (Lipinski definition) is 4. The Morgan fingerprint density at radius 1 is 1.47 bits per heavy atom. The van der Waals surface area contributed by atoms with E-state index in [0.29, 0.717) is 6.04 Å². The number of pyridine rings is 1. The fraction of sp³-hybridized carbons (Fsp3) is 0.667. The number of rotatable bonds is 4. The first-order valence-electron chi connectivity index (χ1n) is 7.03. The maximum Gasteiger partial charge on any atom is 0.128 e. The zero-order valence-corrected chi connectivity index (χ0v) is 12.4. The molecule has 0 bridgehead atoms. The van der Waals surface area contributed by atoms with Gasteiger partial charge in [0.15, 0.2) is 0 Å². The fourth-order valence-corrected chi connectivity index (χ4v) is 2.28. The molecule has 1 aliphatic heterocycles. The van der Waals surface area contributed by atoms with Crippen molar-refractivity contribution in [2.45, 2.75) is 45.9 Å². The van der Waals surface area contributed by atoms with Crippen LogP contribution in [-0.4, -0.2) is 36.3 Å². The Hall–Kier alpha value is -1.13. The van der Waals surface area contributed by atoms with Gasteiger partial charge in [-0.2, -0.15) is 0 Å². The predicted molar refractivity (Wildman–Crippen MR) is 78.5 cm³/mol. The van der Waals surface area contributed by atoms with Crippen LogP contribution in [0.15, 0.2) is 18.3 Å². The molecule has 2 rings (SSSR count). The van der Waals surface area contributed by atoms with Crippen molar-refractivity contribution in [1.29, 1.82) is 0 Å². The molecule has 1 aromatic heterocycles. The molecule has 1 N–H and O–H groups in total. The smallest absolute Gasteiger partial charge is 0.128 e. The lowest BCUT2D eigenvalue weighted by Gasteiger charge is -2.38. The Morgan fingerprint density at radius 3 is 2.95 bits per heavy atom. The van der Waals surface area contributed by atoms with Crippen molar-refractivity contribution in [3.05, 3.63) is 23.9 Å². The Balaban J connectivity index is 2.05. The van der Waals surface area contributed by atoms with Crippen molar-refractivity contribution in [2.24, 2.45) is 0 Å². The second kappa shape index (κ2) is 5.88. The molecule has 0 saturated carbocycles. The molecule has 0 atom stereocenters. The van der Waals surface area contributed by atoms with E-state index in [9.17, 15) is 0 Å². The van der Waals surface area contributed by atoms with E-state index >= 15 is 0 Å². The molecule has 4 nitrogen and oxygen atoms in total. The van der Waals surface area contributed by atoms with E-state index < -0.39 is 0 Å². The summed E-state index contributed by atoms with van der Waals surface area (Å²) >= 11 is 0. The lowest BCUT2D eigenvalue weighted by atomic mass is 10.1. The van der Waals surface area contributed by atoms with Gasteiger partial charge in [0.2, 0.25) is 0 Å². The van der Waals surface area contributed by atoms with E-state index in [2.05, 4.69) is 55.0 Å². The predicted octanol–water partition coefficient (Wildman–Crippen LogP) is 2.19. The molecule has 0 aliphatic carbocycles. The first-order valence-corrected chi connectivity index (χ1v) is 7.03. The molecule has 0 amide bonds. The number of anilines is 1. The summed E-state index contributed by atoms with van der Waals surface area (Å²) in [4.78, 5) is 6.81. The van der Waals surface area contributed by atoms with Gasteiger partial charge in [0.25, 0.3) is 0 Å². The van der Waals surface area contributed by atoms with Crippen LogP contribution in [0.4, 0.5) is 5.82 Å². The zero-order chi connectivity index (χ0) is 13.9. The molecule has 2 heterocycles. The summed E-state index contributed by atoms with van der Waals surface area (Å²) in [7, 11) is 0.